The van der Waals surface area contributed by atoms with Crippen molar-refractivity contribution < 1.29 is 14.3 Å². The number of fused-ring (bicyclic) bond motifs is 1. The Labute approximate surface area is 137 Å². The van der Waals surface area contributed by atoms with Gasteiger partial charge in [-0.05, 0) is 17.9 Å². The standard InChI is InChI=1S/C15H18N4O3S/c20-15(10-1-3-21-7-10)16-5-12-6-19-13(8-22-12)14(17-18-19)11-2-4-23-9-11/h2,4,9-10,12H,1,3,5-8H2,(H,16,20)/t10-,12+/m1/s1. The highest BCUT2D eigenvalue weighted by atomic mass is 32.1. The highest BCUT2D eigenvalue weighted by molar-refractivity contribution is 7.08. The van der Waals surface area contributed by atoms with E-state index in [4.69, 9.17) is 9.47 Å². The number of nitrogens with zero attached hydrogens (tertiary/aromatic N) is 3. The summed E-state index contributed by atoms with van der Waals surface area (Å²) in [5, 5.41) is 15.5. The van der Waals surface area contributed by atoms with E-state index in [0.717, 1.165) is 23.4 Å². The first-order chi connectivity index (χ1) is 11.3. The zero-order chi connectivity index (χ0) is 15.6. The molecular formula is C15H18N4O3S. The predicted octanol–water partition coefficient (Wildman–Crippen LogP) is 1.06. The highest BCUT2D eigenvalue weighted by Gasteiger charge is 2.27. The number of amides is 1. The van der Waals surface area contributed by atoms with Crippen molar-refractivity contribution in [3.05, 3.63) is 22.5 Å². The first-order valence-corrected chi connectivity index (χ1v) is 8.67. The molecule has 7 nitrogen and oxygen atoms in total. The molecule has 0 unspecified atom stereocenters. The van der Waals surface area contributed by atoms with Crippen molar-refractivity contribution in [2.45, 2.75) is 25.7 Å². The average Bonchev–Trinajstić information content (AvgIpc) is 3.32. The predicted molar refractivity (Wildman–Crippen MR) is 83.8 cm³/mol. The summed E-state index contributed by atoms with van der Waals surface area (Å²) in [7, 11) is 0. The lowest BCUT2D eigenvalue weighted by atomic mass is 10.1. The molecule has 1 fully saturated rings. The quantitative estimate of drug-likeness (QED) is 0.904. The van der Waals surface area contributed by atoms with Crippen LogP contribution in [-0.4, -0.2) is 46.8 Å². The average molecular weight is 334 g/mol. The van der Waals surface area contributed by atoms with Gasteiger partial charge in [0.2, 0.25) is 5.91 Å². The minimum absolute atomic E-state index is 0.0225. The molecule has 2 aliphatic heterocycles. The molecule has 2 atom stereocenters. The number of thiophene rings is 1. The van der Waals surface area contributed by atoms with Gasteiger partial charge in [0.25, 0.3) is 0 Å². The van der Waals surface area contributed by atoms with E-state index in [1.54, 1.807) is 11.3 Å². The first-order valence-electron chi connectivity index (χ1n) is 7.73. The zero-order valence-electron chi connectivity index (χ0n) is 12.6. The summed E-state index contributed by atoms with van der Waals surface area (Å²) < 4.78 is 13.0. The maximum atomic E-state index is 12.0. The summed E-state index contributed by atoms with van der Waals surface area (Å²) in [6.07, 6.45) is 0.722. The van der Waals surface area contributed by atoms with E-state index in [9.17, 15) is 4.79 Å². The fraction of sp³-hybridized carbons (Fsp3) is 0.533. The van der Waals surface area contributed by atoms with Gasteiger partial charge in [0.15, 0.2) is 0 Å². The number of hydrogen-bond acceptors (Lipinski definition) is 6. The Morgan fingerprint density at radius 3 is 3.26 bits per heavy atom. The Bertz CT molecular complexity index is 679. The summed E-state index contributed by atoms with van der Waals surface area (Å²) in [5.41, 5.74) is 2.96. The minimum atomic E-state index is -0.0780. The first kappa shape index (κ1) is 14.8. The zero-order valence-corrected chi connectivity index (χ0v) is 13.4. The molecule has 23 heavy (non-hydrogen) atoms. The van der Waals surface area contributed by atoms with Gasteiger partial charge >= 0.3 is 0 Å². The fourth-order valence-electron chi connectivity index (χ4n) is 2.91. The minimum Gasteiger partial charge on any atom is -0.381 e. The van der Waals surface area contributed by atoms with Crippen molar-refractivity contribution in [3.8, 4) is 11.3 Å². The number of aromatic nitrogens is 3. The molecule has 1 amide bonds. The second-order valence-corrected chi connectivity index (χ2v) is 6.60. The van der Waals surface area contributed by atoms with Gasteiger partial charge in [0.05, 0.1) is 37.5 Å². The Hall–Kier alpha value is -1.77. The second-order valence-electron chi connectivity index (χ2n) is 5.82. The number of hydrogen-bond donors (Lipinski definition) is 1. The molecule has 1 saturated heterocycles. The van der Waals surface area contributed by atoms with Gasteiger partial charge in [-0.25, -0.2) is 4.68 Å². The van der Waals surface area contributed by atoms with Crippen molar-refractivity contribution in [1.29, 1.82) is 0 Å². The van der Waals surface area contributed by atoms with E-state index in [-0.39, 0.29) is 17.9 Å². The molecular weight excluding hydrogens is 316 g/mol. The van der Waals surface area contributed by atoms with Crippen LogP contribution < -0.4 is 5.32 Å². The van der Waals surface area contributed by atoms with Crippen LogP contribution in [0.4, 0.5) is 0 Å². The highest BCUT2D eigenvalue weighted by Crippen LogP contribution is 2.26. The van der Waals surface area contributed by atoms with Crippen LogP contribution in [0.1, 0.15) is 12.1 Å². The van der Waals surface area contributed by atoms with Gasteiger partial charge in [-0.2, -0.15) is 11.3 Å². The van der Waals surface area contributed by atoms with Crippen LogP contribution in [0.5, 0.6) is 0 Å². The van der Waals surface area contributed by atoms with E-state index in [1.165, 1.54) is 0 Å². The third-order valence-corrected chi connectivity index (χ3v) is 4.95. The smallest absolute Gasteiger partial charge is 0.225 e. The van der Waals surface area contributed by atoms with Crippen LogP contribution in [0.15, 0.2) is 16.8 Å². The van der Waals surface area contributed by atoms with Crippen molar-refractivity contribution in [1.82, 2.24) is 20.3 Å². The largest absolute Gasteiger partial charge is 0.381 e. The van der Waals surface area contributed by atoms with Gasteiger partial charge in [-0.3, -0.25) is 4.79 Å². The van der Waals surface area contributed by atoms with Crippen LogP contribution in [0.3, 0.4) is 0 Å². The second kappa shape index (κ2) is 6.38. The summed E-state index contributed by atoms with van der Waals surface area (Å²) in [5.74, 6) is 0.0279. The molecule has 8 heteroatoms. The molecule has 122 valence electrons. The van der Waals surface area contributed by atoms with E-state index in [1.807, 2.05) is 16.1 Å². The summed E-state index contributed by atoms with van der Waals surface area (Å²) in [6.45, 7) is 2.75. The van der Waals surface area contributed by atoms with Gasteiger partial charge in [0.1, 0.15) is 5.69 Å². The number of nitrogens with one attached hydrogen (secondary N) is 1. The third-order valence-electron chi connectivity index (χ3n) is 4.27. The van der Waals surface area contributed by atoms with Gasteiger partial charge in [0, 0.05) is 24.1 Å². The van der Waals surface area contributed by atoms with Crippen molar-refractivity contribution in [2.24, 2.45) is 5.92 Å². The van der Waals surface area contributed by atoms with E-state index in [0.29, 0.717) is 32.9 Å². The van der Waals surface area contributed by atoms with Crippen molar-refractivity contribution in [2.75, 3.05) is 19.8 Å². The van der Waals surface area contributed by atoms with Gasteiger partial charge in [-0.15, -0.1) is 5.10 Å². The molecule has 0 spiro atoms. The SMILES string of the molecule is O=C(NC[C@H]1Cn2nnc(-c3ccsc3)c2CO1)[C@@H]1CCOC1. The number of ether oxygens (including phenoxy) is 2. The maximum absolute atomic E-state index is 12.0. The molecule has 2 aromatic rings. The molecule has 0 aromatic carbocycles. The van der Waals surface area contributed by atoms with Gasteiger partial charge < -0.3 is 14.8 Å². The van der Waals surface area contributed by atoms with Crippen LogP contribution in [-0.2, 0) is 27.4 Å². The Kier molecular flexibility index (Phi) is 4.11. The molecule has 0 aliphatic carbocycles. The van der Waals surface area contributed by atoms with E-state index in [2.05, 4.69) is 21.0 Å². The molecule has 1 N–H and O–H groups in total. The van der Waals surface area contributed by atoms with Crippen LogP contribution in [0.25, 0.3) is 11.3 Å². The Morgan fingerprint density at radius 2 is 2.48 bits per heavy atom. The lowest BCUT2D eigenvalue weighted by molar-refractivity contribution is -0.126. The molecule has 2 aromatic heterocycles. The van der Waals surface area contributed by atoms with Crippen molar-refractivity contribution >= 4 is 17.2 Å². The lowest BCUT2D eigenvalue weighted by Crippen LogP contribution is -2.41. The monoisotopic (exact) mass is 334 g/mol. The van der Waals surface area contributed by atoms with Gasteiger partial charge in [-0.1, -0.05) is 5.21 Å². The molecule has 2 aliphatic rings. The molecule has 4 heterocycles. The summed E-state index contributed by atoms with van der Waals surface area (Å²) in [4.78, 5) is 12.0. The Morgan fingerprint density at radius 1 is 1.52 bits per heavy atom. The van der Waals surface area contributed by atoms with Crippen LogP contribution in [0.2, 0.25) is 0 Å². The van der Waals surface area contributed by atoms with E-state index < -0.39 is 0 Å². The molecule has 0 bridgehead atoms. The number of rotatable bonds is 4. The van der Waals surface area contributed by atoms with Crippen molar-refractivity contribution in [3.63, 3.8) is 0 Å². The van der Waals surface area contributed by atoms with Crippen LogP contribution in [0, 0.1) is 5.92 Å². The third kappa shape index (κ3) is 3.01. The Balaban J connectivity index is 1.37. The number of carbonyl (C=O) groups is 1. The fourth-order valence-corrected chi connectivity index (χ4v) is 3.55. The molecule has 4 rings (SSSR count). The lowest BCUT2D eigenvalue weighted by Gasteiger charge is -2.24. The van der Waals surface area contributed by atoms with E-state index >= 15 is 0 Å². The maximum Gasteiger partial charge on any atom is 0.225 e. The summed E-state index contributed by atoms with van der Waals surface area (Å²) in [6, 6.07) is 2.03. The normalized spacial score (nSPS) is 23.7. The number of carbonyl (C=O) groups excluding carboxylic acids is 1. The van der Waals surface area contributed by atoms with Crippen LogP contribution >= 0.6 is 11.3 Å². The topological polar surface area (TPSA) is 78.3 Å². The summed E-state index contributed by atoms with van der Waals surface area (Å²) >= 11 is 1.64. The molecule has 0 radical (unpaired) electrons. The molecule has 0 saturated carbocycles.